The highest BCUT2D eigenvalue weighted by molar-refractivity contribution is 7.91. The minimum absolute atomic E-state index is 0.00881. The van der Waals surface area contributed by atoms with Crippen molar-refractivity contribution in [1.29, 1.82) is 0 Å². The quantitative estimate of drug-likeness (QED) is 0.574. The van der Waals surface area contributed by atoms with Crippen molar-refractivity contribution in [3.63, 3.8) is 0 Å². The Morgan fingerprint density at radius 1 is 1.20 bits per heavy atom. The molecule has 2 heterocycles. The molecule has 0 aliphatic carbocycles. The van der Waals surface area contributed by atoms with Crippen LogP contribution in [-0.2, 0) is 33.0 Å². The first kappa shape index (κ1) is 23.2. The smallest absolute Gasteiger partial charge is 0.242 e. The minimum atomic E-state index is -3.53. The van der Waals surface area contributed by atoms with E-state index in [9.17, 15) is 16.8 Å². The number of aromatic nitrogens is 2. The van der Waals surface area contributed by atoms with Crippen molar-refractivity contribution in [3.05, 3.63) is 24.0 Å². The van der Waals surface area contributed by atoms with Crippen LogP contribution in [0, 0.1) is 0 Å². The molecule has 1 unspecified atom stereocenters. The molecular formula is C20H32N4O4S2. The highest BCUT2D eigenvalue weighted by Crippen LogP contribution is 2.25. The third-order valence-electron chi connectivity index (χ3n) is 5.60. The average molecular weight is 457 g/mol. The number of sulfonamides is 1. The number of aryl methyl sites for hydroxylation is 1. The SMILES string of the molecule is CCCN(Cc1nc2cc(S(=O)(=O)N(C)C)ccc2n1CCC)C1CCS(=O)(=O)C1. The number of nitrogens with zero attached hydrogens (tertiary/aromatic N) is 4. The van der Waals surface area contributed by atoms with E-state index in [1.54, 1.807) is 12.1 Å². The van der Waals surface area contributed by atoms with Gasteiger partial charge in [0.2, 0.25) is 10.0 Å². The lowest BCUT2D eigenvalue weighted by Crippen LogP contribution is -2.37. The molecule has 1 aliphatic heterocycles. The summed E-state index contributed by atoms with van der Waals surface area (Å²) in [7, 11) is -3.48. The third-order valence-corrected chi connectivity index (χ3v) is 9.17. The van der Waals surface area contributed by atoms with Crippen LogP contribution in [0.2, 0.25) is 0 Å². The second-order valence-electron chi connectivity index (χ2n) is 8.14. The van der Waals surface area contributed by atoms with E-state index in [2.05, 4.69) is 23.3 Å². The summed E-state index contributed by atoms with van der Waals surface area (Å²) < 4.78 is 52.3. The summed E-state index contributed by atoms with van der Waals surface area (Å²) >= 11 is 0. The predicted molar refractivity (Wildman–Crippen MR) is 119 cm³/mol. The maximum absolute atomic E-state index is 12.5. The van der Waals surface area contributed by atoms with Gasteiger partial charge >= 0.3 is 0 Å². The van der Waals surface area contributed by atoms with Gasteiger partial charge in [-0.05, 0) is 44.0 Å². The topological polar surface area (TPSA) is 92.6 Å². The summed E-state index contributed by atoms with van der Waals surface area (Å²) in [6, 6.07) is 5.09. The number of sulfone groups is 1. The number of hydrogen-bond acceptors (Lipinski definition) is 6. The minimum Gasteiger partial charge on any atom is -0.327 e. The molecule has 1 aliphatic rings. The molecule has 1 fully saturated rings. The molecule has 0 saturated carbocycles. The standard InChI is InChI=1S/C20H32N4O4S2/c1-5-10-23(16-9-12-29(25,26)15-16)14-20-21-18-13-17(30(27,28)22(3)4)7-8-19(18)24(20)11-6-2/h7-8,13,16H,5-6,9-12,14-15H2,1-4H3. The number of rotatable bonds is 9. The van der Waals surface area contributed by atoms with Crippen molar-refractivity contribution in [2.24, 2.45) is 0 Å². The monoisotopic (exact) mass is 456 g/mol. The molecule has 10 heteroatoms. The first-order valence-corrected chi connectivity index (χ1v) is 13.7. The van der Waals surface area contributed by atoms with Crippen molar-refractivity contribution < 1.29 is 16.8 Å². The Bertz CT molecular complexity index is 1110. The Morgan fingerprint density at radius 2 is 1.93 bits per heavy atom. The van der Waals surface area contributed by atoms with E-state index < -0.39 is 19.9 Å². The summed E-state index contributed by atoms with van der Waals surface area (Å²) in [6.45, 7) is 6.31. The summed E-state index contributed by atoms with van der Waals surface area (Å²) in [5.41, 5.74) is 1.55. The number of fused-ring (bicyclic) bond motifs is 1. The van der Waals surface area contributed by atoms with Gasteiger partial charge in [-0.25, -0.2) is 26.1 Å². The molecule has 1 aromatic heterocycles. The zero-order chi connectivity index (χ0) is 22.1. The van der Waals surface area contributed by atoms with Crippen LogP contribution in [-0.4, -0.2) is 73.8 Å². The fourth-order valence-corrected chi connectivity index (χ4v) is 6.73. The Labute approximate surface area is 179 Å². The maximum atomic E-state index is 12.5. The largest absolute Gasteiger partial charge is 0.327 e. The molecule has 168 valence electrons. The van der Waals surface area contributed by atoms with Crippen molar-refractivity contribution in [2.75, 3.05) is 32.1 Å². The van der Waals surface area contributed by atoms with E-state index in [4.69, 9.17) is 4.98 Å². The summed E-state index contributed by atoms with van der Waals surface area (Å²) in [5, 5.41) is 0. The fraction of sp³-hybridized carbons (Fsp3) is 0.650. The van der Waals surface area contributed by atoms with E-state index >= 15 is 0 Å². The van der Waals surface area contributed by atoms with Crippen LogP contribution in [0.4, 0.5) is 0 Å². The summed E-state index contributed by atoms with van der Waals surface area (Å²) in [6.07, 6.45) is 2.50. The fourth-order valence-electron chi connectivity index (χ4n) is 4.05. The third kappa shape index (κ3) is 4.71. The van der Waals surface area contributed by atoms with Crippen LogP contribution in [0.1, 0.15) is 38.9 Å². The Kier molecular flexibility index (Phi) is 6.91. The number of imidazole rings is 1. The molecule has 2 aromatic rings. The molecule has 8 nitrogen and oxygen atoms in total. The van der Waals surface area contributed by atoms with Gasteiger partial charge in [-0.3, -0.25) is 4.90 Å². The van der Waals surface area contributed by atoms with Gasteiger partial charge in [0.1, 0.15) is 5.82 Å². The molecule has 0 N–H and O–H groups in total. The Hall–Kier alpha value is -1.49. The predicted octanol–water partition coefficient (Wildman–Crippen LogP) is 2.10. The van der Waals surface area contributed by atoms with E-state index in [1.807, 2.05) is 6.07 Å². The first-order valence-electron chi connectivity index (χ1n) is 10.4. The van der Waals surface area contributed by atoms with Crippen LogP contribution in [0.3, 0.4) is 0 Å². The molecule has 3 rings (SSSR count). The van der Waals surface area contributed by atoms with Gasteiger partial charge in [0, 0.05) is 26.7 Å². The summed E-state index contributed by atoms with van der Waals surface area (Å²) in [4.78, 5) is 7.22. The molecule has 1 atom stereocenters. The van der Waals surface area contributed by atoms with Crippen LogP contribution in [0.25, 0.3) is 11.0 Å². The highest BCUT2D eigenvalue weighted by atomic mass is 32.2. The molecule has 1 saturated heterocycles. The van der Waals surface area contributed by atoms with E-state index in [-0.39, 0.29) is 22.4 Å². The van der Waals surface area contributed by atoms with Crippen LogP contribution < -0.4 is 0 Å². The maximum Gasteiger partial charge on any atom is 0.242 e. The van der Waals surface area contributed by atoms with Gasteiger partial charge in [-0.15, -0.1) is 0 Å². The van der Waals surface area contributed by atoms with Crippen molar-refractivity contribution in [3.8, 4) is 0 Å². The molecule has 30 heavy (non-hydrogen) atoms. The lowest BCUT2D eigenvalue weighted by Gasteiger charge is -2.27. The van der Waals surface area contributed by atoms with E-state index in [0.717, 1.165) is 37.3 Å². The summed E-state index contributed by atoms with van der Waals surface area (Å²) in [5.74, 6) is 1.30. The number of hydrogen-bond donors (Lipinski definition) is 0. The van der Waals surface area contributed by atoms with Crippen LogP contribution in [0.5, 0.6) is 0 Å². The molecule has 0 spiro atoms. The number of benzene rings is 1. The lowest BCUT2D eigenvalue weighted by atomic mass is 10.2. The van der Waals surface area contributed by atoms with Gasteiger partial charge in [-0.1, -0.05) is 13.8 Å². The normalized spacial score (nSPS) is 19.3. The van der Waals surface area contributed by atoms with Gasteiger partial charge in [-0.2, -0.15) is 0 Å². The van der Waals surface area contributed by atoms with E-state index in [1.165, 1.54) is 18.4 Å². The Balaban J connectivity index is 2.00. The van der Waals surface area contributed by atoms with Gasteiger partial charge in [0.15, 0.2) is 9.84 Å². The zero-order valence-corrected chi connectivity index (χ0v) is 19.8. The second-order valence-corrected chi connectivity index (χ2v) is 12.5. The van der Waals surface area contributed by atoms with Gasteiger partial charge in [0.25, 0.3) is 0 Å². The van der Waals surface area contributed by atoms with Crippen molar-refractivity contribution >= 4 is 30.9 Å². The molecule has 0 radical (unpaired) electrons. The highest BCUT2D eigenvalue weighted by Gasteiger charge is 2.32. The average Bonchev–Trinajstić information content (AvgIpc) is 3.21. The van der Waals surface area contributed by atoms with Crippen molar-refractivity contribution in [1.82, 2.24) is 18.8 Å². The van der Waals surface area contributed by atoms with Crippen LogP contribution >= 0.6 is 0 Å². The molecule has 1 aromatic carbocycles. The molecular weight excluding hydrogens is 424 g/mol. The van der Waals surface area contributed by atoms with E-state index in [0.29, 0.717) is 18.5 Å². The second kappa shape index (κ2) is 8.94. The Morgan fingerprint density at radius 3 is 2.50 bits per heavy atom. The molecule has 0 bridgehead atoms. The van der Waals surface area contributed by atoms with Gasteiger partial charge in [0.05, 0.1) is 34.0 Å². The lowest BCUT2D eigenvalue weighted by molar-refractivity contribution is 0.196. The first-order chi connectivity index (χ1) is 14.1. The molecule has 0 amide bonds. The van der Waals surface area contributed by atoms with Gasteiger partial charge < -0.3 is 4.57 Å². The zero-order valence-electron chi connectivity index (χ0n) is 18.2. The van der Waals surface area contributed by atoms with Crippen molar-refractivity contribution in [2.45, 2.75) is 57.1 Å². The van der Waals surface area contributed by atoms with Crippen LogP contribution in [0.15, 0.2) is 23.1 Å².